The van der Waals surface area contributed by atoms with E-state index in [-0.39, 0.29) is 0 Å². The van der Waals surface area contributed by atoms with Gasteiger partial charge in [0, 0.05) is 14.1 Å². The number of aromatic nitrogens is 2. The summed E-state index contributed by atoms with van der Waals surface area (Å²) in [5, 5.41) is 3.76. The molecular formula is C6H9N5. The highest BCUT2D eigenvalue weighted by Crippen LogP contribution is 2.27. The molecule has 1 N–H and O–H groups in total. The molecule has 0 amide bonds. The van der Waals surface area contributed by atoms with Gasteiger partial charge in [-0.25, -0.2) is 9.97 Å². The molecule has 0 aliphatic carbocycles. The number of fused-ring (bicyclic) bond motifs is 1. The van der Waals surface area contributed by atoms with Crippen molar-refractivity contribution in [2.45, 2.75) is 0 Å². The number of hydrogen-bond donors (Lipinski definition) is 1. The number of hydrazine groups is 2. The Morgan fingerprint density at radius 3 is 3.00 bits per heavy atom. The van der Waals surface area contributed by atoms with Crippen LogP contribution in [-0.4, -0.2) is 29.2 Å². The number of nitrogens with one attached hydrogen (secondary N) is 1. The van der Waals surface area contributed by atoms with Crippen LogP contribution in [0.1, 0.15) is 0 Å². The third-order valence-corrected chi connectivity index (χ3v) is 1.73. The van der Waals surface area contributed by atoms with Gasteiger partial charge in [-0.2, -0.15) is 0 Å². The summed E-state index contributed by atoms with van der Waals surface area (Å²) in [7, 11) is 3.85. The lowest BCUT2D eigenvalue weighted by molar-refractivity contribution is 0.410. The molecule has 0 saturated carbocycles. The minimum Gasteiger partial charge on any atom is -0.296 e. The van der Waals surface area contributed by atoms with Crippen LogP contribution >= 0.6 is 0 Å². The summed E-state index contributed by atoms with van der Waals surface area (Å²) in [6.07, 6.45) is 3.29. The van der Waals surface area contributed by atoms with Crippen molar-refractivity contribution in [3.8, 4) is 0 Å². The molecule has 0 atom stereocenters. The van der Waals surface area contributed by atoms with Crippen LogP contribution in [0.5, 0.6) is 0 Å². The Kier molecular flexibility index (Phi) is 1.19. The fourth-order valence-electron chi connectivity index (χ4n) is 1.05. The molecule has 5 nitrogen and oxygen atoms in total. The molecule has 11 heavy (non-hydrogen) atoms. The van der Waals surface area contributed by atoms with Gasteiger partial charge < -0.3 is 0 Å². The average molecular weight is 151 g/mol. The molecule has 1 aliphatic heterocycles. The van der Waals surface area contributed by atoms with Gasteiger partial charge >= 0.3 is 0 Å². The SMILES string of the molecule is CN1Nc2cncnc2N1C. The van der Waals surface area contributed by atoms with Gasteiger partial charge in [-0.3, -0.25) is 10.4 Å². The van der Waals surface area contributed by atoms with Crippen LogP contribution in [0.4, 0.5) is 11.5 Å². The smallest absolute Gasteiger partial charge is 0.172 e. The summed E-state index contributed by atoms with van der Waals surface area (Å²) in [6.45, 7) is 0. The first-order chi connectivity index (χ1) is 5.29. The van der Waals surface area contributed by atoms with E-state index in [0.29, 0.717) is 0 Å². The van der Waals surface area contributed by atoms with Gasteiger partial charge in [0.25, 0.3) is 0 Å². The topological polar surface area (TPSA) is 44.3 Å². The molecule has 1 aromatic rings. The highest BCUT2D eigenvalue weighted by molar-refractivity contribution is 5.66. The van der Waals surface area contributed by atoms with Gasteiger partial charge in [0.05, 0.1) is 6.20 Å². The monoisotopic (exact) mass is 151 g/mol. The maximum atomic E-state index is 4.10. The van der Waals surface area contributed by atoms with E-state index in [1.807, 2.05) is 24.2 Å². The van der Waals surface area contributed by atoms with Crippen LogP contribution in [0.15, 0.2) is 12.5 Å². The number of hydrogen-bond acceptors (Lipinski definition) is 5. The zero-order chi connectivity index (χ0) is 7.84. The van der Waals surface area contributed by atoms with Crippen LogP contribution < -0.4 is 10.4 Å². The summed E-state index contributed by atoms with van der Waals surface area (Å²) in [5.41, 5.74) is 4.02. The highest BCUT2D eigenvalue weighted by atomic mass is 15.8. The van der Waals surface area contributed by atoms with Crippen molar-refractivity contribution < 1.29 is 0 Å². The van der Waals surface area contributed by atoms with Crippen LogP contribution in [0.25, 0.3) is 0 Å². The van der Waals surface area contributed by atoms with Gasteiger partial charge in [-0.1, -0.05) is 0 Å². The Balaban J connectivity index is 2.47. The average Bonchev–Trinajstić information content (AvgIpc) is 2.30. The van der Waals surface area contributed by atoms with Crippen molar-refractivity contribution in [1.82, 2.24) is 15.1 Å². The molecule has 1 aliphatic rings. The lowest BCUT2D eigenvalue weighted by Gasteiger charge is -2.18. The van der Waals surface area contributed by atoms with Crippen LogP contribution in [0, 0.1) is 0 Å². The zero-order valence-electron chi connectivity index (χ0n) is 6.44. The van der Waals surface area contributed by atoms with E-state index in [1.165, 1.54) is 6.33 Å². The fourth-order valence-corrected chi connectivity index (χ4v) is 1.05. The van der Waals surface area contributed by atoms with Crippen LogP contribution in [0.2, 0.25) is 0 Å². The molecule has 0 unspecified atom stereocenters. The highest BCUT2D eigenvalue weighted by Gasteiger charge is 2.20. The van der Waals surface area contributed by atoms with Crippen molar-refractivity contribution in [2.24, 2.45) is 0 Å². The second-order valence-electron chi connectivity index (χ2n) is 2.42. The Bertz CT molecular complexity index is 273. The van der Waals surface area contributed by atoms with E-state index in [2.05, 4.69) is 15.4 Å². The normalized spacial score (nSPS) is 16.4. The maximum Gasteiger partial charge on any atom is 0.172 e. The molecule has 58 valence electrons. The largest absolute Gasteiger partial charge is 0.296 e. The van der Waals surface area contributed by atoms with Crippen molar-refractivity contribution >= 4 is 11.5 Å². The molecule has 1 aromatic heterocycles. The van der Waals surface area contributed by atoms with Crippen LogP contribution in [-0.2, 0) is 0 Å². The summed E-state index contributed by atoms with van der Waals surface area (Å²) >= 11 is 0. The van der Waals surface area contributed by atoms with Gasteiger partial charge in [0.1, 0.15) is 12.0 Å². The van der Waals surface area contributed by atoms with E-state index in [4.69, 9.17) is 0 Å². The van der Waals surface area contributed by atoms with E-state index in [1.54, 1.807) is 6.20 Å². The standard InChI is InChI=1S/C6H9N5/c1-10-6-5(9-11(10)2)3-7-4-8-6/h3-4,9H,1-2H3. The molecule has 0 saturated heterocycles. The first-order valence-corrected chi connectivity index (χ1v) is 3.33. The molecule has 0 spiro atoms. The third-order valence-electron chi connectivity index (χ3n) is 1.73. The van der Waals surface area contributed by atoms with Gasteiger partial charge in [-0.05, 0) is 0 Å². The van der Waals surface area contributed by atoms with Crippen molar-refractivity contribution in [3.63, 3.8) is 0 Å². The number of anilines is 2. The summed E-state index contributed by atoms with van der Waals surface area (Å²) in [6, 6.07) is 0. The fraction of sp³-hybridized carbons (Fsp3) is 0.333. The van der Waals surface area contributed by atoms with Crippen molar-refractivity contribution in [1.29, 1.82) is 0 Å². The summed E-state index contributed by atoms with van der Waals surface area (Å²) in [4.78, 5) is 8.00. The van der Waals surface area contributed by atoms with Crippen molar-refractivity contribution in [3.05, 3.63) is 12.5 Å². The minimum atomic E-state index is 0.905. The van der Waals surface area contributed by atoms with E-state index in [9.17, 15) is 0 Å². The Hall–Kier alpha value is -1.36. The lowest BCUT2D eigenvalue weighted by Crippen LogP contribution is -2.34. The quantitative estimate of drug-likeness (QED) is 0.569. The molecule has 0 bridgehead atoms. The first kappa shape index (κ1) is 6.36. The molecule has 5 heteroatoms. The second kappa shape index (κ2) is 2.06. The minimum absolute atomic E-state index is 0.905. The zero-order valence-corrected chi connectivity index (χ0v) is 6.44. The van der Waals surface area contributed by atoms with E-state index in [0.717, 1.165) is 11.5 Å². The van der Waals surface area contributed by atoms with Gasteiger partial charge in [0.2, 0.25) is 0 Å². The molecule has 2 rings (SSSR count). The number of rotatable bonds is 0. The van der Waals surface area contributed by atoms with Gasteiger partial charge in [-0.15, -0.1) is 5.12 Å². The summed E-state index contributed by atoms with van der Waals surface area (Å²) < 4.78 is 0. The van der Waals surface area contributed by atoms with Crippen LogP contribution in [0.3, 0.4) is 0 Å². The van der Waals surface area contributed by atoms with Crippen molar-refractivity contribution in [2.75, 3.05) is 24.5 Å². The molecular weight excluding hydrogens is 142 g/mol. The Morgan fingerprint density at radius 1 is 1.45 bits per heavy atom. The second-order valence-corrected chi connectivity index (χ2v) is 2.42. The van der Waals surface area contributed by atoms with E-state index >= 15 is 0 Å². The first-order valence-electron chi connectivity index (χ1n) is 3.33. The molecule has 0 fully saturated rings. The predicted molar refractivity (Wildman–Crippen MR) is 41.8 cm³/mol. The number of nitrogens with zero attached hydrogens (tertiary/aromatic N) is 4. The van der Waals surface area contributed by atoms with E-state index < -0.39 is 0 Å². The molecule has 0 radical (unpaired) electrons. The molecule has 2 heterocycles. The summed E-state index contributed by atoms with van der Waals surface area (Å²) in [5.74, 6) is 0.905. The lowest BCUT2D eigenvalue weighted by atomic mass is 10.5. The van der Waals surface area contributed by atoms with Gasteiger partial charge in [0.15, 0.2) is 5.82 Å². The third kappa shape index (κ3) is 0.813. The Labute approximate surface area is 64.6 Å². The Morgan fingerprint density at radius 2 is 2.27 bits per heavy atom. The predicted octanol–water partition coefficient (Wildman–Crippen LogP) is 0.100. The molecule has 0 aromatic carbocycles. The maximum absolute atomic E-state index is 4.10.